The van der Waals surface area contributed by atoms with E-state index in [0.717, 1.165) is 4.47 Å². The molecule has 2 aliphatic rings. The fourth-order valence-corrected chi connectivity index (χ4v) is 7.88. The fraction of sp³-hybridized carbons (Fsp3) is 0.0244. The van der Waals surface area contributed by atoms with Crippen LogP contribution in [0.3, 0.4) is 0 Å². The van der Waals surface area contributed by atoms with Crippen LogP contribution in [-0.2, 0) is 5.41 Å². The Bertz CT molecular complexity index is 2160. The summed E-state index contributed by atoms with van der Waals surface area (Å²) in [6.45, 7) is 0. The Morgan fingerprint density at radius 1 is 0.381 bits per heavy atom. The second-order valence-electron chi connectivity index (χ2n) is 11.4. The Labute approximate surface area is 254 Å². The first kappa shape index (κ1) is 23.9. The number of fused-ring (bicyclic) bond motifs is 12. The number of halogens is 1. The van der Waals surface area contributed by atoms with Crippen LogP contribution in [0.2, 0.25) is 0 Å². The van der Waals surface area contributed by atoms with Crippen LogP contribution in [-0.4, -0.2) is 0 Å². The van der Waals surface area contributed by atoms with E-state index in [-0.39, 0.29) is 5.41 Å². The molecule has 1 heteroatoms. The third-order valence-electron chi connectivity index (χ3n) is 9.34. The average Bonchev–Trinajstić information content (AvgIpc) is 3.52. The highest BCUT2D eigenvalue weighted by molar-refractivity contribution is 9.10. The molecule has 0 fully saturated rings. The van der Waals surface area contributed by atoms with Crippen molar-refractivity contribution in [1.82, 2.24) is 0 Å². The van der Waals surface area contributed by atoms with Gasteiger partial charge in [-0.3, -0.25) is 0 Å². The monoisotopic (exact) mass is 596 g/mol. The summed E-state index contributed by atoms with van der Waals surface area (Å²) in [5, 5.41) is 2.62. The summed E-state index contributed by atoms with van der Waals surface area (Å²) < 4.78 is 1.09. The van der Waals surface area contributed by atoms with Crippen molar-refractivity contribution < 1.29 is 0 Å². The molecule has 7 aromatic rings. The normalized spacial score (nSPS) is 13.5. The van der Waals surface area contributed by atoms with E-state index in [1.54, 1.807) is 0 Å². The first-order valence-electron chi connectivity index (χ1n) is 14.5. The molecule has 0 N–H and O–H groups in total. The van der Waals surface area contributed by atoms with Crippen LogP contribution in [0.1, 0.15) is 22.3 Å². The zero-order valence-corrected chi connectivity index (χ0v) is 24.4. The van der Waals surface area contributed by atoms with Gasteiger partial charge in [0.2, 0.25) is 0 Å². The first-order chi connectivity index (χ1) is 20.7. The molecule has 0 heterocycles. The van der Waals surface area contributed by atoms with E-state index in [4.69, 9.17) is 0 Å². The van der Waals surface area contributed by atoms with Crippen LogP contribution in [0.4, 0.5) is 0 Å². The molecule has 0 amide bonds. The maximum Gasteiger partial charge on any atom is 0.0731 e. The molecule has 0 aromatic heterocycles. The molecule has 0 radical (unpaired) electrons. The molecule has 0 atom stereocenters. The van der Waals surface area contributed by atoms with E-state index in [0.29, 0.717) is 0 Å². The average molecular weight is 598 g/mol. The Morgan fingerprint density at radius 3 is 1.71 bits per heavy atom. The van der Waals surface area contributed by atoms with E-state index in [9.17, 15) is 0 Å². The maximum absolute atomic E-state index is 3.58. The third-order valence-corrected chi connectivity index (χ3v) is 9.87. The van der Waals surface area contributed by atoms with Gasteiger partial charge in [-0.05, 0) is 102 Å². The Morgan fingerprint density at radius 2 is 0.952 bits per heavy atom. The molecule has 0 saturated carbocycles. The smallest absolute Gasteiger partial charge is 0.0619 e. The van der Waals surface area contributed by atoms with Crippen molar-refractivity contribution in [3.63, 3.8) is 0 Å². The van der Waals surface area contributed by atoms with Gasteiger partial charge in [-0.25, -0.2) is 0 Å². The van der Waals surface area contributed by atoms with Gasteiger partial charge in [-0.1, -0.05) is 143 Å². The Kier molecular flexibility index (Phi) is 5.06. The van der Waals surface area contributed by atoms with E-state index in [2.05, 4.69) is 168 Å². The molecule has 196 valence electrons. The van der Waals surface area contributed by atoms with Crippen LogP contribution in [0.5, 0.6) is 0 Å². The second-order valence-corrected chi connectivity index (χ2v) is 12.3. The highest BCUT2D eigenvalue weighted by Gasteiger charge is 2.52. The van der Waals surface area contributed by atoms with Crippen molar-refractivity contribution in [2.45, 2.75) is 5.41 Å². The van der Waals surface area contributed by atoms with Crippen LogP contribution < -0.4 is 0 Å². The van der Waals surface area contributed by atoms with E-state index >= 15 is 0 Å². The van der Waals surface area contributed by atoms with Crippen molar-refractivity contribution in [3.8, 4) is 44.5 Å². The zero-order valence-electron chi connectivity index (χ0n) is 22.8. The molecular formula is C41H25Br. The predicted molar refractivity (Wildman–Crippen MR) is 179 cm³/mol. The second kappa shape index (κ2) is 8.89. The Balaban J connectivity index is 1.35. The number of hydrogen-bond acceptors (Lipinski definition) is 0. The summed E-state index contributed by atoms with van der Waals surface area (Å²) in [5.74, 6) is 0. The van der Waals surface area contributed by atoms with Gasteiger partial charge >= 0.3 is 0 Å². The van der Waals surface area contributed by atoms with Gasteiger partial charge in [0.05, 0.1) is 5.41 Å². The summed E-state index contributed by atoms with van der Waals surface area (Å²) in [5.41, 5.74) is 15.4. The summed E-state index contributed by atoms with van der Waals surface area (Å²) in [6, 6.07) is 56.3. The molecule has 0 saturated heterocycles. The molecule has 7 aromatic carbocycles. The summed E-state index contributed by atoms with van der Waals surface area (Å²) in [4.78, 5) is 0. The fourth-order valence-electron chi connectivity index (χ4n) is 7.62. The molecule has 0 bridgehead atoms. The molecule has 0 nitrogen and oxygen atoms in total. The molecule has 1 spiro atoms. The lowest BCUT2D eigenvalue weighted by molar-refractivity contribution is 0.801. The first-order valence-corrected chi connectivity index (χ1v) is 15.3. The minimum absolute atomic E-state index is 0.377. The van der Waals surface area contributed by atoms with Gasteiger partial charge in [0.15, 0.2) is 0 Å². The largest absolute Gasteiger partial charge is 0.0731 e. The van der Waals surface area contributed by atoms with Crippen LogP contribution in [0.15, 0.2) is 156 Å². The Hall–Kier alpha value is -4.72. The maximum atomic E-state index is 3.58. The van der Waals surface area contributed by atoms with Crippen molar-refractivity contribution in [2.24, 2.45) is 0 Å². The summed E-state index contributed by atoms with van der Waals surface area (Å²) >= 11 is 3.58. The molecule has 9 rings (SSSR count). The van der Waals surface area contributed by atoms with E-state index in [1.807, 2.05) is 0 Å². The quantitative estimate of drug-likeness (QED) is 0.186. The molecule has 0 aliphatic heterocycles. The SMILES string of the molecule is Brc1ccc(-c2cccc(-c3ccc4c(c3)C3(c5ccccc5-c5ccccc53)c3c-4ccc4ccccc34)c2)cc1. The van der Waals surface area contributed by atoms with Crippen molar-refractivity contribution in [3.05, 3.63) is 178 Å². The third kappa shape index (κ3) is 3.17. The topological polar surface area (TPSA) is 0 Å². The number of benzene rings is 7. The van der Waals surface area contributed by atoms with Gasteiger partial charge in [0, 0.05) is 4.47 Å². The number of rotatable bonds is 2. The predicted octanol–water partition coefficient (Wildman–Crippen LogP) is 11.3. The van der Waals surface area contributed by atoms with Gasteiger partial charge in [0.25, 0.3) is 0 Å². The van der Waals surface area contributed by atoms with Gasteiger partial charge in [0.1, 0.15) is 0 Å². The summed E-state index contributed by atoms with van der Waals surface area (Å²) in [6.07, 6.45) is 0. The standard InChI is InChI=1S/C41H25Br/c42-31-20-16-26(17-21-31)28-9-7-10-29(24-28)30-19-22-35-36-23-18-27-8-1-2-11-32(27)40(36)41(39(35)25-30)37-14-5-3-12-33(37)34-13-4-6-15-38(34)41/h1-25H. The highest BCUT2D eigenvalue weighted by Crippen LogP contribution is 2.64. The lowest BCUT2D eigenvalue weighted by atomic mass is 9.69. The van der Waals surface area contributed by atoms with Gasteiger partial charge < -0.3 is 0 Å². The lowest BCUT2D eigenvalue weighted by Crippen LogP contribution is -2.26. The van der Waals surface area contributed by atoms with Crippen LogP contribution in [0, 0.1) is 0 Å². The lowest BCUT2D eigenvalue weighted by Gasteiger charge is -2.31. The zero-order chi connectivity index (χ0) is 27.8. The molecular weight excluding hydrogens is 572 g/mol. The minimum atomic E-state index is -0.377. The van der Waals surface area contributed by atoms with Gasteiger partial charge in [-0.15, -0.1) is 0 Å². The molecule has 42 heavy (non-hydrogen) atoms. The minimum Gasteiger partial charge on any atom is -0.0619 e. The van der Waals surface area contributed by atoms with Crippen LogP contribution >= 0.6 is 15.9 Å². The van der Waals surface area contributed by atoms with E-state index in [1.165, 1.54) is 77.5 Å². The van der Waals surface area contributed by atoms with E-state index < -0.39 is 0 Å². The van der Waals surface area contributed by atoms with Crippen molar-refractivity contribution >= 4 is 26.7 Å². The summed E-state index contributed by atoms with van der Waals surface area (Å²) in [7, 11) is 0. The van der Waals surface area contributed by atoms with Crippen molar-refractivity contribution in [2.75, 3.05) is 0 Å². The molecule has 2 aliphatic carbocycles. The highest BCUT2D eigenvalue weighted by atomic mass is 79.9. The molecule has 0 unspecified atom stereocenters. The number of hydrogen-bond donors (Lipinski definition) is 0. The van der Waals surface area contributed by atoms with Crippen LogP contribution in [0.25, 0.3) is 55.3 Å². The van der Waals surface area contributed by atoms with Crippen molar-refractivity contribution in [1.29, 1.82) is 0 Å². The van der Waals surface area contributed by atoms with Gasteiger partial charge in [-0.2, -0.15) is 0 Å².